The molecule has 1 aromatic heterocycles. The van der Waals surface area contributed by atoms with Gasteiger partial charge >= 0.3 is 0 Å². The van der Waals surface area contributed by atoms with Crippen molar-refractivity contribution in [3.05, 3.63) is 52.3 Å². The molecule has 0 aliphatic carbocycles. The van der Waals surface area contributed by atoms with Gasteiger partial charge in [0.15, 0.2) is 11.5 Å². The minimum atomic E-state index is -0.492. The van der Waals surface area contributed by atoms with Crippen LogP contribution in [-0.2, 0) is 6.54 Å². The second-order valence-corrected chi connectivity index (χ2v) is 7.62. The number of hydrogen-bond acceptors (Lipinski definition) is 9. The topological polar surface area (TPSA) is 123 Å². The minimum Gasteiger partial charge on any atom is -0.454 e. The molecule has 1 atom stereocenters. The lowest BCUT2D eigenvalue weighted by molar-refractivity contribution is -0.384. The van der Waals surface area contributed by atoms with E-state index in [1.807, 2.05) is 23.1 Å². The Morgan fingerprint density at radius 1 is 1.23 bits per heavy atom. The summed E-state index contributed by atoms with van der Waals surface area (Å²) in [5, 5.41) is 25.6. The van der Waals surface area contributed by atoms with Crippen LogP contribution in [0.5, 0.6) is 11.5 Å². The predicted octanol–water partition coefficient (Wildman–Crippen LogP) is 2.84. The fourth-order valence-electron chi connectivity index (χ4n) is 4.03. The molecule has 160 valence electrons. The van der Waals surface area contributed by atoms with Crippen molar-refractivity contribution in [3.63, 3.8) is 0 Å². The Hall–Kier alpha value is -3.66. The monoisotopic (exact) mass is 423 g/mol. The molecule has 1 unspecified atom stereocenters. The highest BCUT2D eigenvalue weighted by atomic mass is 16.7. The highest BCUT2D eigenvalue weighted by Gasteiger charge is 2.26. The van der Waals surface area contributed by atoms with Gasteiger partial charge in [-0.1, -0.05) is 6.07 Å². The average molecular weight is 423 g/mol. The van der Waals surface area contributed by atoms with E-state index >= 15 is 0 Å². The number of β-amino-alcohol motifs (C(OH)–C–C–N with tert-alkyl or cyclic N) is 1. The molecule has 31 heavy (non-hydrogen) atoms. The molecule has 0 radical (unpaired) electrons. The van der Waals surface area contributed by atoms with Gasteiger partial charge in [-0.25, -0.2) is 9.97 Å². The van der Waals surface area contributed by atoms with Crippen LogP contribution in [0.1, 0.15) is 18.4 Å². The fourth-order valence-corrected chi connectivity index (χ4v) is 4.03. The lowest BCUT2D eigenvalue weighted by Gasteiger charge is -2.31. The molecule has 5 rings (SSSR count). The normalized spacial score (nSPS) is 17.7. The summed E-state index contributed by atoms with van der Waals surface area (Å²) in [6, 6.07) is 8.88. The lowest BCUT2D eigenvalue weighted by atomic mass is 10.1. The largest absolute Gasteiger partial charge is 0.454 e. The van der Waals surface area contributed by atoms with Crippen molar-refractivity contribution in [2.75, 3.05) is 30.1 Å². The molecular weight excluding hydrogens is 402 g/mol. The van der Waals surface area contributed by atoms with Gasteiger partial charge in [0.2, 0.25) is 6.79 Å². The van der Waals surface area contributed by atoms with Gasteiger partial charge in [0.1, 0.15) is 17.8 Å². The third-order valence-corrected chi connectivity index (χ3v) is 5.56. The molecule has 3 heterocycles. The molecule has 10 heteroatoms. The first-order valence-corrected chi connectivity index (χ1v) is 10.1. The summed E-state index contributed by atoms with van der Waals surface area (Å²) < 4.78 is 10.7. The molecule has 3 aromatic rings. The lowest BCUT2D eigenvalue weighted by Crippen LogP contribution is -2.38. The number of nitrogens with one attached hydrogen (secondary N) is 1. The Labute approximate surface area is 177 Å². The number of aliphatic hydroxyl groups is 1. The van der Waals surface area contributed by atoms with Crippen molar-refractivity contribution >= 4 is 28.1 Å². The van der Waals surface area contributed by atoms with Crippen LogP contribution in [0, 0.1) is 10.1 Å². The molecule has 1 saturated heterocycles. The van der Waals surface area contributed by atoms with Crippen molar-refractivity contribution in [2.24, 2.45) is 0 Å². The Balaban J connectivity index is 1.46. The summed E-state index contributed by atoms with van der Waals surface area (Å²) in [6.07, 6.45) is 2.43. The van der Waals surface area contributed by atoms with Gasteiger partial charge in [-0.3, -0.25) is 10.1 Å². The first kappa shape index (κ1) is 19.3. The van der Waals surface area contributed by atoms with Crippen LogP contribution in [0.25, 0.3) is 10.9 Å². The van der Waals surface area contributed by atoms with Gasteiger partial charge in [-0.15, -0.1) is 0 Å². The van der Waals surface area contributed by atoms with E-state index in [0.717, 1.165) is 12.0 Å². The van der Waals surface area contributed by atoms with Crippen LogP contribution in [0.2, 0.25) is 0 Å². The number of aliphatic hydroxyl groups excluding tert-OH is 1. The van der Waals surface area contributed by atoms with Gasteiger partial charge in [0.25, 0.3) is 5.69 Å². The van der Waals surface area contributed by atoms with Crippen LogP contribution in [0.3, 0.4) is 0 Å². The average Bonchev–Trinajstić information content (AvgIpc) is 3.24. The molecule has 0 saturated carbocycles. The first-order valence-electron chi connectivity index (χ1n) is 10.1. The quantitative estimate of drug-likeness (QED) is 0.471. The van der Waals surface area contributed by atoms with Gasteiger partial charge < -0.3 is 24.8 Å². The number of nitro benzene ring substituents is 1. The number of ether oxygens (including phenoxy) is 2. The van der Waals surface area contributed by atoms with Crippen molar-refractivity contribution in [1.29, 1.82) is 0 Å². The molecular formula is C21H21N5O5. The van der Waals surface area contributed by atoms with E-state index < -0.39 is 11.0 Å². The predicted molar refractivity (Wildman–Crippen MR) is 114 cm³/mol. The van der Waals surface area contributed by atoms with E-state index in [2.05, 4.69) is 15.3 Å². The van der Waals surface area contributed by atoms with Crippen molar-refractivity contribution in [1.82, 2.24) is 9.97 Å². The Morgan fingerprint density at radius 2 is 2.10 bits per heavy atom. The molecule has 10 nitrogen and oxygen atoms in total. The number of piperidine rings is 1. The van der Waals surface area contributed by atoms with Crippen molar-refractivity contribution in [2.45, 2.75) is 25.5 Å². The highest BCUT2D eigenvalue weighted by Crippen LogP contribution is 2.36. The SMILES string of the molecule is O=[N+]([O-])c1cc2c(NCc3ccc4c(c3)OCO4)ncnc2cc1N1CCCC(O)C1. The van der Waals surface area contributed by atoms with Crippen LogP contribution in [-0.4, -0.2) is 46.0 Å². The second kappa shape index (κ2) is 7.88. The number of hydrogen-bond donors (Lipinski definition) is 2. The number of nitro groups is 1. The molecule has 1 fully saturated rings. The zero-order chi connectivity index (χ0) is 21.4. The first-order chi connectivity index (χ1) is 15.1. The molecule has 0 bridgehead atoms. The number of benzene rings is 2. The third-order valence-electron chi connectivity index (χ3n) is 5.56. The minimum absolute atomic E-state index is 0.0254. The van der Waals surface area contributed by atoms with Crippen LogP contribution in [0.15, 0.2) is 36.7 Å². The van der Waals surface area contributed by atoms with Crippen molar-refractivity contribution < 1.29 is 19.5 Å². The maximum Gasteiger partial charge on any atom is 0.293 e. The zero-order valence-corrected chi connectivity index (χ0v) is 16.7. The van der Waals surface area contributed by atoms with Crippen LogP contribution >= 0.6 is 0 Å². The summed E-state index contributed by atoms with van der Waals surface area (Å²) in [5.41, 5.74) is 2.01. The van der Waals surface area contributed by atoms with Gasteiger partial charge in [0.05, 0.1) is 16.5 Å². The van der Waals surface area contributed by atoms with Gasteiger partial charge in [0, 0.05) is 31.1 Å². The van der Waals surface area contributed by atoms with E-state index in [-0.39, 0.29) is 12.5 Å². The molecule has 0 spiro atoms. The number of aromatic nitrogens is 2. The second-order valence-electron chi connectivity index (χ2n) is 7.62. The molecule has 2 aliphatic heterocycles. The molecule has 0 amide bonds. The van der Waals surface area contributed by atoms with E-state index in [4.69, 9.17) is 9.47 Å². The smallest absolute Gasteiger partial charge is 0.293 e. The van der Waals surface area contributed by atoms with Gasteiger partial charge in [-0.05, 0) is 36.6 Å². The van der Waals surface area contributed by atoms with E-state index in [0.29, 0.717) is 60.0 Å². The number of fused-ring (bicyclic) bond motifs is 2. The Morgan fingerprint density at radius 3 is 2.94 bits per heavy atom. The fraction of sp³-hybridized carbons (Fsp3) is 0.333. The van der Waals surface area contributed by atoms with E-state index in [1.54, 1.807) is 6.07 Å². The van der Waals surface area contributed by atoms with Gasteiger partial charge in [-0.2, -0.15) is 0 Å². The molecule has 2 aromatic carbocycles. The maximum absolute atomic E-state index is 11.8. The van der Waals surface area contributed by atoms with Crippen LogP contribution in [0.4, 0.5) is 17.2 Å². The zero-order valence-electron chi connectivity index (χ0n) is 16.7. The summed E-state index contributed by atoms with van der Waals surface area (Å²) in [4.78, 5) is 21.9. The maximum atomic E-state index is 11.8. The van der Waals surface area contributed by atoms with E-state index in [9.17, 15) is 15.2 Å². The number of anilines is 2. The number of nitrogens with zero attached hydrogens (tertiary/aromatic N) is 4. The summed E-state index contributed by atoms with van der Waals surface area (Å²) in [7, 11) is 0. The number of rotatable bonds is 5. The Kier molecular flexibility index (Phi) is 4.91. The standard InChI is InChI=1S/C21H21N5O5/c27-14-2-1-5-25(10-14)17-8-16-15(7-18(17)26(28)29)21(24-11-23-16)22-9-13-3-4-19-20(6-13)31-12-30-19/h3-4,6-8,11,14,27H,1-2,5,9-10,12H2,(H,22,23,24). The van der Waals surface area contributed by atoms with E-state index in [1.165, 1.54) is 12.4 Å². The molecule has 2 N–H and O–H groups in total. The highest BCUT2D eigenvalue weighted by molar-refractivity contribution is 5.94. The molecule has 2 aliphatic rings. The van der Waals surface area contributed by atoms with Crippen LogP contribution < -0.4 is 19.7 Å². The summed E-state index contributed by atoms with van der Waals surface area (Å²) in [6.45, 7) is 1.69. The third kappa shape index (κ3) is 3.77. The Bertz CT molecular complexity index is 1150. The summed E-state index contributed by atoms with van der Waals surface area (Å²) >= 11 is 0. The summed E-state index contributed by atoms with van der Waals surface area (Å²) in [5.74, 6) is 1.91. The van der Waals surface area contributed by atoms with Crippen molar-refractivity contribution in [3.8, 4) is 11.5 Å².